The summed E-state index contributed by atoms with van der Waals surface area (Å²) in [5.41, 5.74) is 11.2. The standard InChI is InChI=1S/C20H21N3O/c1-22-11-10-19-17(13-22)16-4-2-3-5-18(16)23(19)12-14-6-8-15(9-7-14)20(21)24/h2-9H,10-13H2,1H3,(H2,21,24). The van der Waals surface area contributed by atoms with Crippen molar-refractivity contribution in [1.29, 1.82) is 0 Å². The van der Waals surface area contributed by atoms with Crippen LogP contribution in [0, 0.1) is 0 Å². The lowest BCUT2D eigenvalue weighted by Crippen LogP contribution is -2.27. The zero-order valence-corrected chi connectivity index (χ0v) is 13.8. The third-order valence-corrected chi connectivity index (χ3v) is 4.93. The summed E-state index contributed by atoms with van der Waals surface area (Å²) in [4.78, 5) is 13.6. The molecular weight excluding hydrogens is 298 g/mol. The van der Waals surface area contributed by atoms with Gasteiger partial charge >= 0.3 is 0 Å². The van der Waals surface area contributed by atoms with Crippen LogP contribution in [0.4, 0.5) is 0 Å². The van der Waals surface area contributed by atoms with Gasteiger partial charge in [-0.2, -0.15) is 0 Å². The van der Waals surface area contributed by atoms with Crippen LogP contribution < -0.4 is 5.73 Å². The van der Waals surface area contributed by atoms with Crippen LogP contribution in [-0.2, 0) is 19.5 Å². The molecule has 122 valence electrons. The van der Waals surface area contributed by atoms with E-state index in [9.17, 15) is 4.79 Å². The SMILES string of the molecule is CN1CCc2c(c3ccccc3n2Cc2ccc(C(N)=O)cc2)C1. The average molecular weight is 319 g/mol. The number of para-hydroxylation sites is 1. The van der Waals surface area contributed by atoms with E-state index in [4.69, 9.17) is 5.73 Å². The highest BCUT2D eigenvalue weighted by Gasteiger charge is 2.22. The minimum Gasteiger partial charge on any atom is -0.366 e. The number of nitrogens with zero attached hydrogens (tertiary/aromatic N) is 2. The van der Waals surface area contributed by atoms with Crippen molar-refractivity contribution in [1.82, 2.24) is 9.47 Å². The number of fused-ring (bicyclic) bond motifs is 3. The van der Waals surface area contributed by atoms with Crippen molar-refractivity contribution in [3.63, 3.8) is 0 Å². The molecule has 4 nitrogen and oxygen atoms in total. The van der Waals surface area contributed by atoms with Gasteiger partial charge in [-0.05, 0) is 36.4 Å². The molecule has 3 aromatic rings. The topological polar surface area (TPSA) is 51.3 Å². The quantitative estimate of drug-likeness (QED) is 0.807. The number of carbonyl (C=O) groups is 1. The van der Waals surface area contributed by atoms with E-state index < -0.39 is 0 Å². The molecule has 24 heavy (non-hydrogen) atoms. The maximum absolute atomic E-state index is 11.2. The van der Waals surface area contributed by atoms with Gasteiger partial charge in [0.2, 0.25) is 5.91 Å². The van der Waals surface area contributed by atoms with Crippen LogP contribution in [0.25, 0.3) is 10.9 Å². The molecule has 0 aliphatic carbocycles. The van der Waals surface area contributed by atoms with Crippen LogP contribution in [0.2, 0.25) is 0 Å². The first-order chi connectivity index (χ1) is 11.6. The molecule has 0 radical (unpaired) electrons. The number of carbonyl (C=O) groups excluding carboxylic acids is 1. The van der Waals surface area contributed by atoms with E-state index in [1.807, 2.05) is 24.3 Å². The molecule has 0 unspecified atom stereocenters. The Labute approximate surface area is 141 Å². The molecule has 2 N–H and O–H groups in total. The number of likely N-dealkylation sites (N-methyl/N-ethyl adjacent to an activating group) is 1. The van der Waals surface area contributed by atoms with Crippen LogP contribution in [-0.4, -0.2) is 29.0 Å². The summed E-state index contributed by atoms with van der Waals surface area (Å²) in [5, 5.41) is 1.35. The summed E-state index contributed by atoms with van der Waals surface area (Å²) in [6.45, 7) is 2.91. The predicted molar refractivity (Wildman–Crippen MR) is 96.0 cm³/mol. The molecule has 1 aromatic heterocycles. The van der Waals surface area contributed by atoms with Gasteiger partial charge in [0.15, 0.2) is 0 Å². The van der Waals surface area contributed by atoms with Gasteiger partial charge in [-0.15, -0.1) is 0 Å². The summed E-state index contributed by atoms with van der Waals surface area (Å²) in [7, 11) is 2.18. The summed E-state index contributed by atoms with van der Waals surface area (Å²) in [6.07, 6.45) is 1.07. The highest BCUT2D eigenvalue weighted by molar-refractivity contribution is 5.92. The first-order valence-corrected chi connectivity index (χ1v) is 8.30. The molecule has 4 rings (SSSR count). The molecule has 0 saturated carbocycles. The predicted octanol–water partition coefficient (Wildman–Crippen LogP) is 2.78. The van der Waals surface area contributed by atoms with Crippen LogP contribution in [0.1, 0.15) is 27.2 Å². The minimum absolute atomic E-state index is 0.381. The zero-order chi connectivity index (χ0) is 16.7. The Bertz CT molecular complexity index is 909. The number of hydrogen-bond acceptors (Lipinski definition) is 2. The molecule has 0 saturated heterocycles. The third-order valence-electron chi connectivity index (χ3n) is 4.93. The van der Waals surface area contributed by atoms with Crippen molar-refractivity contribution in [3.8, 4) is 0 Å². The summed E-state index contributed by atoms with van der Waals surface area (Å²) in [5.74, 6) is -0.381. The normalized spacial score (nSPS) is 14.7. The second-order valence-corrected chi connectivity index (χ2v) is 6.58. The molecule has 1 aliphatic heterocycles. The van der Waals surface area contributed by atoms with Gasteiger partial charge in [-0.25, -0.2) is 0 Å². The van der Waals surface area contributed by atoms with Crippen molar-refractivity contribution in [2.24, 2.45) is 5.73 Å². The van der Waals surface area contributed by atoms with E-state index in [0.29, 0.717) is 5.56 Å². The molecule has 2 aromatic carbocycles. The van der Waals surface area contributed by atoms with Crippen molar-refractivity contribution < 1.29 is 4.79 Å². The lowest BCUT2D eigenvalue weighted by Gasteiger charge is -2.24. The van der Waals surface area contributed by atoms with Crippen LogP contribution >= 0.6 is 0 Å². The van der Waals surface area contributed by atoms with Crippen molar-refractivity contribution >= 4 is 16.8 Å². The Hall–Kier alpha value is -2.59. The van der Waals surface area contributed by atoms with E-state index in [-0.39, 0.29) is 5.91 Å². The number of primary amides is 1. The number of nitrogens with two attached hydrogens (primary N) is 1. The number of amides is 1. The van der Waals surface area contributed by atoms with E-state index in [2.05, 4.69) is 40.8 Å². The van der Waals surface area contributed by atoms with E-state index in [1.54, 1.807) is 0 Å². The lowest BCUT2D eigenvalue weighted by atomic mass is 10.1. The van der Waals surface area contributed by atoms with Gasteiger partial charge in [-0.3, -0.25) is 4.79 Å². The highest BCUT2D eigenvalue weighted by atomic mass is 16.1. The fraction of sp³-hybridized carbons (Fsp3) is 0.250. The first kappa shape index (κ1) is 15.0. The molecular formula is C20H21N3O. The molecule has 2 heterocycles. The number of hydrogen-bond donors (Lipinski definition) is 1. The van der Waals surface area contributed by atoms with Crippen LogP contribution in [0.15, 0.2) is 48.5 Å². The van der Waals surface area contributed by atoms with Gasteiger partial charge in [0.1, 0.15) is 0 Å². The van der Waals surface area contributed by atoms with Gasteiger partial charge in [0, 0.05) is 48.2 Å². The van der Waals surface area contributed by atoms with Crippen molar-refractivity contribution in [3.05, 3.63) is 70.9 Å². The summed E-state index contributed by atoms with van der Waals surface area (Å²) < 4.78 is 2.43. The fourth-order valence-electron chi connectivity index (χ4n) is 3.67. The van der Waals surface area contributed by atoms with Crippen LogP contribution in [0.3, 0.4) is 0 Å². The fourth-order valence-corrected chi connectivity index (χ4v) is 3.67. The summed E-state index contributed by atoms with van der Waals surface area (Å²) >= 11 is 0. The highest BCUT2D eigenvalue weighted by Crippen LogP contribution is 2.31. The number of benzene rings is 2. The van der Waals surface area contributed by atoms with Gasteiger partial charge < -0.3 is 15.2 Å². The van der Waals surface area contributed by atoms with Crippen LogP contribution in [0.5, 0.6) is 0 Å². The average Bonchev–Trinajstić information content (AvgIpc) is 2.89. The second-order valence-electron chi connectivity index (χ2n) is 6.58. The Morgan fingerprint density at radius 1 is 1.12 bits per heavy atom. The Morgan fingerprint density at radius 2 is 1.88 bits per heavy atom. The minimum atomic E-state index is -0.381. The lowest BCUT2D eigenvalue weighted by molar-refractivity contribution is 0.100. The Kier molecular flexibility index (Phi) is 3.62. The van der Waals surface area contributed by atoms with Crippen molar-refractivity contribution in [2.75, 3.05) is 13.6 Å². The van der Waals surface area contributed by atoms with Gasteiger partial charge in [0.05, 0.1) is 0 Å². The Morgan fingerprint density at radius 3 is 2.62 bits per heavy atom. The first-order valence-electron chi connectivity index (χ1n) is 8.30. The molecule has 0 fully saturated rings. The monoisotopic (exact) mass is 319 g/mol. The largest absolute Gasteiger partial charge is 0.366 e. The molecule has 4 heteroatoms. The van der Waals surface area contributed by atoms with E-state index >= 15 is 0 Å². The molecule has 1 amide bonds. The number of rotatable bonds is 3. The maximum atomic E-state index is 11.2. The number of aromatic nitrogens is 1. The Balaban J connectivity index is 1.78. The zero-order valence-electron chi connectivity index (χ0n) is 13.8. The third kappa shape index (κ3) is 2.49. The molecule has 0 bridgehead atoms. The van der Waals surface area contributed by atoms with E-state index in [1.165, 1.54) is 27.7 Å². The molecule has 0 atom stereocenters. The van der Waals surface area contributed by atoms with E-state index in [0.717, 1.165) is 26.1 Å². The smallest absolute Gasteiger partial charge is 0.248 e. The molecule has 0 spiro atoms. The van der Waals surface area contributed by atoms with Gasteiger partial charge in [-0.1, -0.05) is 30.3 Å². The van der Waals surface area contributed by atoms with Gasteiger partial charge in [0.25, 0.3) is 0 Å². The second kappa shape index (κ2) is 5.80. The maximum Gasteiger partial charge on any atom is 0.248 e. The van der Waals surface area contributed by atoms with Crippen molar-refractivity contribution in [2.45, 2.75) is 19.5 Å². The summed E-state index contributed by atoms with van der Waals surface area (Å²) in [6, 6.07) is 16.2. The molecule has 1 aliphatic rings.